The first-order chi connectivity index (χ1) is 10.7. The standard InChI is InChI=1S/C20H18Br2/c21-19-9-5-17(6-10-19)13-15-1-2-16(4-3-15)14-18-7-11-20(22)12-8-18/h5-14H,1-4H2. The van der Waals surface area contributed by atoms with Gasteiger partial charge in [-0.3, -0.25) is 0 Å². The van der Waals surface area contributed by atoms with Crippen LogP contribution in [0.15, 0.2) is 68.6 Å². The van der Waals surface area contributed by atoms with Gasteiger partial charge in [0.15, 0.2) is 0 Å². The van der Waals surface area contributed by atoms with Crippen LogP contribution in [-0.2, 0) is 0 Å². The summed E-state index contributed by atoms with van der Waals surface area (Å²) >= 11 is 6.97. The van der Waals surface area contributed by atoms with Crippen molar-refractivity contribution in [3.05, 3.63) is 79.7 Å². The lowest BCUT2D eigenvalue weighted by Gasteiger charge is -2.17. The molecule has 0 spiro atoms. The second-order valence-electron chi connectivity index (χ2n) is 5.71. The average molecular weight is 418 g/mol. The normalized spacial score (nSPS) is 14.8. The van der Waals surface area contributed by atoms with Crippen LogP contribution in [0.5, 0.6) is 0 Å². The predicted octanol–water partition coefficient (Wildman–Crippen LogP) is 7.25. The Morgan fingerprint density at radius 3 is 1.18 bits per heavy atom. The van der Waals surface area contributed by atoms with Crippen LogP contribution in [0.3, 0.4) is 0 Å². The topological polar surface area (TPSA) is 0 Å². The van der Waals surface area contributed by atoms with E-state index in [0.717, 1.165) is 8.95 Å². The fraction of sp³-hybridized carbons (Fsp3) is 0.200. The molecule has 0 saturated heterocycles. The third-order valence-corrected chi connectivity index (χ3v) is 5.07. The van der Waals surface area contributed by atoms with Crippen LogP contribution in [0, 0.1) is 0 Å². The van der Waals surface area contributed by atoms with Crippen molar-refractivity contribution in [1.82, 2.24) is 0 Å². The third kappa shape index (κ3) is 4.44. The maximum absolute atomic E-state index is 3.48. The van der Waals surface area contributed by atoms with Crippen LogP contribution >= 0.6 is 31.9 Å². The maximum atomic E-state index is 3.48. The van der Waals surface area contributed by atoms with Gasteiger partial charge < -0.3 is 0 Å². The minimum atomic E-state index is 1.14. The maximum Gasteiger partial charge on any atom is 0.0175 e. The van der Waals surface area contributed by atoms with E-state index in [9.17, 15) is 0 Å². The van der Waals surface area contributed by atoms with Crippen molar-refractivity contribution < 1.29 is 0 Å². The van der Waals surface area contributed by atoms with Gasteiger partial charge in [-0.25, -0.2) is 0 Å². The second kappa shape index (κ2) is 7.43. The van der Waals surface area contributed by atoms with E-state index in [-0.39, 0.29) is 0 Å². The van der Waals surface area contributed by atoms with Gasteiger partial charge >= 0.3 is 0 Å². The van der Waals surface area contributed by atoms with E-state index in [4.69, 9.17) is 0 Å². The van der Waals surface area contributed by atoms with Crippen molar-refractivity contribution in [2.45, 2.75) is 25.7 Å². The zero-order valence-electron chi connectivity index (χ0n) is 12.4. The zero-order valence-corrected chi connectivity index (χ0v) is 15.5. The molecule has 0 aliphatic heterocycles. The Morgan fingerprint density at radius 1 is 0.545 bits per heavy atom. The molecule has 0 amide bonds. The summed E-state index contributed by atoms with van der Waals surface area (Å²) in [5.74, 6) is 0. The summed E-state index contributed by atoms with van der Waals surface area (Å²) in [5, 5.41) is 0. The summed E-state index contributed by atoms with van der Waals surface area (Å²) in [6.07, 6.45) is 9.42. The molecule has 112 valence electrons. The van der Waals surface area contributed by atoms with Gasteiger partial charge in [-0.1, -0.05) is 79.4 Å². The van der Waals surface area contributed by atoms with E-state index in [1.807, 2.05) is 0 Å². The van der Waals surface area contributed by atoms with Crippen LogP contribution in [-0.4, -0.2) is 0 Å². The van der Waals surface area contributed by atoms with Gasteiger partial charge in [0.2, 0.25) is 0 Å². The van der Waals surface area contributed by atoms with Gasteiger partial charge in [0, 0.05) is 8.95 Å². The largest absolute Gasteiger partial charge is 0.0690 e. The van der Waals surface area contributed by atoms with E-state index in [1.54, 1.807) is 11.1 Å². The van der Waals surface area contributed by atoms with E-state index in [0.29, 0.717) is 0 Å². The summed E-state index contributed by atoms with van der Waals surface area (Å²) in [7, 11) is 0. The SMILES string of the molecule is Brc1ccc(C=C2CCC(=Cc3ccc(Br)cc3)CC2)cc1. The molecule has 1 fully saturated rings. The molecule has 3 rings (SSSR count). The molecule has 22 heavy (non-hydrogen) atoms. The highest BCUT2D eigenvalue weighted by atomic mass is 79.9. The Bertz CT molecular complexity index is 616. The molecular weight excluding hydrogens is 400 g/mol. The molecule has 0 atom stereocenters. The lowest BCUT2D eigenvalue weighted by molar-refractivity contribution is 0.739. The number of hydrogen-bond donors (Lipinski definition) is 0. The first kappa shape index (κ1) is 15.8. The summed E-state index contributed by atoms with van der Waals surface area (Å²) in [5.41, 5.74) is 5.74. The molecule has 0 heterocycles. The van der Waals surface area contributed by atoms with E-state index in [1.165, 1.54) is 36.8 Å². The number of halogens is 2. The summed E-state index contributed by atoms with van der Waals surface area (Å²) < 4.78 is 2.27. The highest BCUT2D eigenvalue weighted by Crippen LogP contribution is 2.30. The lowest BCUT2D eigenvalue weighted by atomic mass is 9.88. The Kier molecular flexibility index (Phi) is 5.32. The molecule has 2 aromatic rings. The van der Waals surface area contributed by atoms with Gasteiger partial charge in [0.05, 0.1) is 0 Å². The van der Waals surface area contributed by atoms with Crippen LogP contribution in [0.1, 0.15) is 36.8 Å². The number of rotatable bonds is 2. The van der Waals surface area contributed by atoms with Crippen molar-refractivity contribution in [2.24, 2.45) is 0 Å². The van der Waals surface area contributed by atoms with Crippen LogP contribution in [0.2, 0.25) is 0 Å². The molecule has 2 heteroatoms. The molecular formula is C20H18Br2. The molecule has 0 bridgehead atoms. The van der Waals surface area contributed by atoms with Crippen LogP contribution in [0.25, 0.3) is 12.2 Å². The predicted molar refractivity (Wildman–Crippen MR) is 103 cm³/mol. The molecule has 1 aliphatic rings. The minimum absolute atomic E-state index is 1.14. The first-order valence-corrected chi connectivity index (χ1v) is 9.18. The Hall–Kier alpha value is -1.12. The molecule has 0 nitrogen and oxygen atoms in total. The lowest BCUT2D eigenvalue weighted by Crippen LogP contribution is -1.97. The molecule has 0 radical (unpaired) electrons. The van der Waals surface area contributed by atoms with Crippen LogP contribution < -0.4 is 0 Å². The fourth-order valence-corrected chi connectivity index (χ4v) is 3.30. The zero-order chi connectivity index (χ0) is 15.4. The van der Waals surface area contributed by atoms with Gasteiger partial charge in [-0.15, -0.1) is 0 Å². The Balaban J connectivity index is 1.64. The van der Waals surface area contributed by atoms with Crippen molar-refractivity contribution >= 4 is 44.0 Å². The summed E-state index contributed by atoms with van der Waals surface area (Å²) in [6, 6.07) is 17.1. The fourth-order valence-electron chi connectivity index (χ4n) is 2.77. The van der Waals surface area contributed by atoms with Crippen molar-refractivity contribution in [3.63, 3.8) is 0 Å². The smallest absolute Gasteiger partial charge is 0.0175 e. The third-order valence-electron chi connectivity index (χ3n) is 4.02. The Labute approximate surface area is 149 Å². The van der Waals surface area contributed by atoms with E-state index in [2.05, 4.69) is 92.5 Å². The van der Waals surface area contributed by atoms with Gasteiger partial charge in [0.25, 0.3) is 0 Å². The molecule has 0 unspecified atom stereocenters. The summed E-state index contributed by atoms with van der Waals surface area (Å²) in [4.78, 5) is 0. The molecule has 0 N–H and O–H groups in total. The highest BCUT2D eigenvalue weighted by molar-refractivity contribution is 9.10. The second-order valence-corrected chi connectivity index (χ2v) is 7.54. The molecule has 1 saturated carbocycles. The van der Waals surface area contributed by atoms with Gasteiger partial charge in [-0.05, 0) is 61.1 Å². The first-order valence-electron chi connectivity index (χ1n) is 7.59. The number of allylic oxidation sites excluding steroid dienone is 2. The molecule has 1 aliphatic carbocycles. The van der Waals surface area contributed by atoms with Crippen LogP contribution in [0.4, 0.5) is 0 Å². The van der Waals surface area contributed by atoms with Crippen molar-refractivity contribution in [3.8, 4) is 0 Å². The molecule has 2 aromatic carbocycles. The minimum Gasteiger partial charge on any atom is -0.0690 e. The average Bonchev–Trinajstić information content (AvgIpc) is 2.54. The highest BCUT2D eigenvalue weighted by Gasteiger charge is 2.10. The molecule has 0 aromatic heterocycles. The number of benzene rings is 2. The van der Waals surface area contributed by atoms with Gasteiger partial charge in [-0.2, -0.15) is 0 Å². The van der Waals surface area contributed by atoms with Crippen molar-refractivity contribution in [1.29, 1.82) is 0 Å². The Morgan fingerprint density at radius 2 is 0.864 bits per heavy atom. The van der Waals surface area contributed by atoms with E-state index < -0.39 is 0 Å². The quantitative estimate of drug-likeness (QED) is 0.482. The summed E-state index contributed by atoms with van der Waals surface area (Å²) in [6.45, 7) is 0. The van der Waals surface area contributed by atoms with E-state index >= 15 is 0 Å². The number of hydrogen-bond acceptors (Lipinski definition) is 0. The van der Waals surface area contributed by atoms with Crippen molar-refractivity contribution in [2.75, 3.05) is 0 Å². The monoisotopic (exact) mass is 416 g/mol. The van der Waals surface area contributed by atoms with Gasteiger partial charge in [0.1, 0.15) is 0 Å².